The van der Waals surface area contributed by atoms with Gasteiger partial charge in [0.2, 0.25) is 0 Å². The maximum atomic E-state index is 9.43. The Hall–Kier alpha value is -0.544. The molecule has 118 valence electrons. The van der Waals surface area contributed by atoms with Crippen molar-refractivity contribution in [3.05, 3.63) is 71.8 Å². The molecule has 2 rings (SSSR count). The second kappa shape index (κ2) is 11.1. The number of nitrogens with one attached hydrogen (secondary N) is 1. The van der Waals surface area contributed by atoms with Crippen LogP contribution in [0.2, 0.25) is 0 Å². The molecule has 7 heteroatoms. The van der Waals surface area contributed by atoms with Crippen molar-refractivity contribution in [2.24, 2.45) is 5.73 Å². The zero-order chi connectivity index (χ0) is 16.6. The summed E-state index contributed by atoms with van der Waals surface area (Å²) in [5.41, 5.74) is 5.96. The molecule has 23 heavy (non-hydrogen) atoms. The van der Waals surface area contributed by atoms with E-state index in [2.05, 4.69) is 23.3 Å². The van der Waals surface area contributed by atoms with Crippen molar-refractivity contribution < 1.29 is 10.2 Å². The van der Waals surface area contributed by atoms with E-state index < -0.39 is 10.7 Å². The van der Waals surface area contributed by atoms with Crippen LogP contribution in [-0.2, 0) is 5.54 Å². The Morgan fingerprint density at radius 1 is 0.913 bits per heavy atom. The Labute approximate surface area is 189 Å². The van der Waals surface area contributed by atoms with E-state index in [1.165, 1.54) is 0 Å². The number of nitrogens with two attached hydrogens (primary N) is 1. The van der Waals surface area contributed by atoms with Gasteiger partial charge in [-0.15, -0.1) is 0 Å². The van der Waals surface area contributed by atoms with Gasteiger partial charge in [-0.05, 0) is 42.5 Å². The van der Waals surface area contributed by atoms with Crippen molar-refractivity contribution in [1.29, 1.82) is 0 Å². The number of rotatable bonds is 3. The van der Waals surface area contributed by atoms with Gasteiger partial charge in [0.1, 0.15) is 0 Å². The molecule has 0 aromatic heterocycles. The number of benzene rings is 2. The summed E-state index contributed by atoms with van der Waals surface area (Å²) in [4.78, 5) is 0. The molecule has 0 spiro atoms. The molecule has 0 heterocycles. The monoisotopic (exact) mass is 374 g/mol. The summed E-state index contributed by atoms with van der Waals surface area (Å²) in [7, 11) is 0. The molecule has 0 saturated carbocycles. The molecule has 0 saturated heterocycles. The topological polar surface area (TPSA) is 78.5 Å². The minimum absolute atomic E-state index is 0. The number of thiocarbonyl (C=S) groups is 2. The van der Waals surface area contributed by atoms with Crippen molar-refractivity contribution in [2.75, 3.05) is 0 Å². The molecular weight excluding hydrogens is 355 g/mol. The van der Waals surface area contributed by atoms with Crippen LogP contribution in [-0.4, -0.2) is 71.9 Å². The summed E-state index contributed by atoms with van der Waals surface area (Å²) >= 11 is 8.66. The van der Waals surface area contributed by atoms with Gasteiger partial charge in [-0.3, -0.25) is 0 Å². The van der Waals surface area contributed by atoms with Crippen LogP contribution in [0.5, 0.6) is 0 Å². The number of aliphatic hydroxyl groups is 2. The van der Waals surface area contributed by atoms with E-state index in [0.717, 1.165) is 11.1 Å². The third-order valence-corrected chi connectivity index (χ3v) is 3.16. The van der Waals surface area contributed by atoms with E-state index in [-0.39, 0.29) is 56.6 Å². The van der Waals surface area contributed by atoms with Crippen LogP contribution < -0.4 is 11.1 Å². The molecule has 0 aliphatic carbocycles. The van der Waals surface area contributed by atoms with Crippen LogP contribution in [0.25, 0.3) is 0 Å². The molecule has 0 radical (unpaired) electrons. The average molecular weight is 375 g/mol. The van der Waals surface area contributed by atoms with E-state index in [9.17, 15) is 5.11 Å². The third-order valence-electron chi connectivity index (χ3n) is 3.06. The Bertz CT molecular complexity index is 581. The predicted octanol–water partition coefficient (Wildman–Crippen LogP) is 2.52. The maximum absolute atomic E-state index is 9.43. The summed E-state index contributed by atoms with van der Waals surface area (Å²) in [6, 6.07) is 19.9. The molecular formula is C16H19KN2O2S2. The second-order valence-corrected chi connectivity index (χ2v) is 5.43. The third kappa shape index (κ3) is 7.71. The fourth-order valence-electron chi connectivity index (χ4n) is 2.07. The van der Waals surface area contributed by atoms with Crippen molar-refractivity contribution >= 4 is 86.2 Å². The number of hydrogen-bond acceptors (Lipinski definition) is 2. The second-order valence-electron chi connectivity index (χ2n) is 4.63. The van der Waals surface area contributed by atoms with Gasteiger partial charge in [0.15, 0.2) is 0 Å². The van der Waals surface area contributed by atoms with Gasteiger partial charge in [0.05, 0.1) is 5.54 Å². The van der Waals surface area contributed by atoms with Crippen molar-refractivity contribution in [2.45, 2.75) is 12.5 Å². The first-order chi connectivity index (χ1) is 10.4. The standard InChI is InChI=1S/C15H15NOS.CH3NOS.K.H/c1-15(16-14(17)18,12-8-4-2-5-9-12)13-10-6-3-7-11-13;2-1(3)4;;/h2-11H,1H3,(H2,16,17,18);(H3,2,3,4);;. The van der Waals surface area contributed by atoms with Gasteiger partial charge in [-0.2, -0.15) is 0 Å². The van der Waals surface area contributed by atoms with Crippen LogP contribution in [0.3, 0.4) is 0 Å². The van der Waals surface area contributed by atoms with Gasteiger partial charge < -0.3 is 21.3 Å². The van der Waals surface area contributed by atoms with Gasteiger partial charge >= 0.3 is 51.4 Å². The molecule has 0 aliphatic heterocycles. The van der Waals surface area contributed by atoms with Crippen molar-refractivity contribution in [1.82, 2.24) is 5.32 Å². The molecule has 0 amide bonds. The minimum atomic E-state index is -0.533. The Balaban J connectivity index is 0.000000871. The number of hydrogen-bond donors (Lipinski definition) is 4. The molecule has 5 N–H and O–H groups in total. The quantitative estimate of drug-likeness (QED) is 0.488. The molecule has 0 aliphatic rings. The van der Waals surface area contributed by atoms with E-state index in [0.29, 0.717) is 0 Å². The van der Waals surface area contributed by atoms with Gasteiger partial charge in [-0.1, -0.05) is 60.7 Å². The number of aliphatic hydroxyl groups excluding tert-OH is 2. The molecule has 0 unspecified atom stereocenters. The van der Waals surface area contributed by atoms with Crippen LogP contribution in [0.4, 0.5) is 0 Å². The summed E-state index contributed by atoms with van der Waals surface area (Å²) in [5, 5.41) is 19.3. The SMILES string of the molecule is CC(NC(O)=S)(c1ccccc1)c1ccccc1.NC(O)=S.[KH]. The van der Waals surface area contributed by atoms with E-state index >= 15 is 0 Å². The van der Waals surface area contributed by atoms with Crippen LogP contribution in [0, 0.1) is 0 Å². The molecule has 0 fully saturated rings. The first-order valence-corrected chi connectivity index (χ1v) is 7.28. The molecule has 0 atom stereocenters. The molecule has 0 bridgehead atoms. The summed E-state index contributed by atoms with van der Waals surface area (Å²) in [5.74, 6) is 0. The Kier molecular flexibility index (Phi) is 10.8. The van der Waals surface area contributed by atoms with Crippen LogP contribution >= 0.6 is 24.4 Å². The van der Waals surface area contributed by atoms with Crippen molar-refractivity contribution in [3.63, 3.8) is 0 Å². The predicted molar refractivity (Wildman–Crippen MR) is 104 cm³/mol. The molecule has 4 nitrogen and oxygen atoms in total. The fourth-order valence-corrected chi connectivity index (χ4v) is 2.27. The van der Waals surface area contributed by atoms with Crippen LogP contribution in [0.15, 0.2) is 60.7 Å². The zero-order valence-corrected chi connectivity index (χ0v) is 13.7. The summed E-state index contributed by atoms with van der Waals surface area (Å²) in [6.45, 7) is 2.00. The molecule has 2 aromatic rings. The zero-order valence-electron chi connectivity index (χ0n) is 12.1. The first-order valence-electron chi connectivity index (χ1n) is 6.47. The van der Waals surface area contributed by atoms with Gasteiger partial charge in [0, 0.05) is 0 Å². The van der Waals surface area contributed by atoms with E-state index in [1.54, 1.807) is 0 Å². The fraction of sp³-hybridized carbons (Fsp3) is 0.125. The van der Waals surface area contributed by atoms with E-state index in [4.69, 9.17) is 17.3 Å². The van der Waals surface area contributed by atoms with Crippen LogP contribution in [0.1, 0.15) is 18.1 Å². The van der Waals surface area contributed by atoms with Gasteiger partial charge in [-0.25, -0.2) is 0 Å². The first kappa shape index (κ1) is 22.5. The van der Waals surface area contributed by atoms with Crippen molar-refractivity contribution in [3.8, 4) is 0 Å². The van der Waals surface area contributed by atoms with E-state index in [1.807, 2.05) is 67.6 Å². The Morgan fingerprint density at radius 3 is 1.48 bits per heavy atom. The van der Waals surface area contributed by atoms with Gasteiger partial charge in [0.25, 0.3) is 10.3 Å². The average Bonchev–Trinajstić information content (AvgIpc) is 2.48. The summed E-state index contributed by atoms with van der Waals surface area (Å²) < 4.78 is 0. The molecule has 2 aromatic carbocycles. The Morgan fingerprint density at radius 2 is 1.22 bits per heavy atom. The normalized spacial score (nSPS) is 9.61. The summed E-state index contributed by atoms with van der Waals surface area (Å²) in [6.07, 6.45) is 0.